The maximum Gasteiger partial charge on any atom is 0.286 e. The Labute approximate surface area is 137 Å². The first-order valence-electron chi connectivity index (χ1n) is 6.68. The molecule has 0 aliphatic carbocycles. The molecule has 0 N–H and O–H groups in total. The molecule has 0 spiro atoms. The number of carbonyl (C=O) groups is 1. The van der Waals surface area contributed by atoms with Gasteiger partial charge in [-0.1, -0.05) is 30.3 Å². The molecule has 0 saturated heterocycles. The SMILES string of the molecule is COc1cc(SCC(=O)c2ccccc2)c([N+](=O)[O-])cc1OC. The van der Waals surface area contributed by atoms with Crippen LogP contribution in [0.1, 0.15) is 10.4 Å². The zero-order chi connectivity index (χ0) is 16.8. The van der Waals surface area contributed by atoms with Gasteiger partial charge in [0.15, 0.2) is 17.3 Å². The smallest absolute Gasteiger partial charge is 0.286 e. The molecule has 0 saturated carbocycles. The molecule has 23 heavy (non-hydrogen) atoms. The molecule has 0 amide bonds. The fourth-order valence-corrected chi connectivity index (χ4v) is 2.88. The van der Waals surface area contributed by atoms with E-state index >= 15 is 0 Å². The molecule has 0 heterocycles. The van der Waals surface area contributed by atoms with Crippen molar-refractivity contribution in [3.8, 4) is 11.5 Å². The van der Waals surface area contributed by atoms with Gasteiger partial charge in [0, 0.05) is 11.6 Å². The number of hydrogen-bond donors (Lipinski definition) is 0. The zero-order valence-corrected chi connectivity index (χ0v) is 13.5. The predicted molar refractivity (Wildman–Crippen MR) is 87.7 cm³/mol. The van der Waals surface area contributed by atoms with Gasteiger partial charge >= 0.3 is 0 Å². The number of hydrogen-bond acceptors (Lipinski definition) is 6. The van der Waals surface area contributed by atoms with Gasteiger partial charge < -0.3 is 9.47 Å². The van der Waals surface area contributed by atoms with Gasteiger partial charge in [0.25, 0.3) is 5.69 Å². The second kappa shape index (κ2) is 7.64. The summed E-state index contributed by atoms with van der Waals surface area (Å²) in [5.74, 6) is 0.658. The third-order valence-electron chi connectivity index (χ3n) is 3.12. The normalized spacial score (nSPS) is 10.2. The highest BCUT2D eigenvalue weighted by molar-refractivity contribution is 8.00. The van der Waals surface area contributed by atoms with Crippen molar-refractivity contribution in [2.75, 3.05) is 20.0 Å². The summed E-state index contributed by atoms with van der Waals surface area (Å²) in [6.07, 6.45) is 0. The number of ether oxygens (including phenoxy) is 2. The molecule has 0 bridgehead atoms. The van der Waals surface area contributed by atoms with Gasteiger partial charge in [-0.05, 0) is 0 Å². The van der Waals surface area contributed by atoms with Crippen molar-refractivity contribution in [2.24, 2.45) is 0 Å². The van der Waals surface area contributed by atoms with Crippen molar-refractivity contribution in [3.63, 3.8) is 0 Å². The maximum atomic E-state index is 12.1. The molecule has 0 unspecified atom stereocenters. The number of ketones is 1. The van der Waals surface area contributed by atoms with Crippen molar-refractivity contribution in [3.05, 3.63) is 58.1 Å². The third-order valence-corrected chi connectivity index (χ3v) is 4.16. The van der Waals surface area contributed by atoms with Crippen molar-refractivity contribution in [1.82, 2.24) is 0 Å². The molecule has 0 aliphatic rings. The maximum absolute atomic E-state index is 12.1. The molecule has 0 aromatic heterocycles. The van der Waals surface area contributed by atoms with E-state index in [9.17, 15) is 14.9 Å². The largest absolute Gasteiger partial charge is 0.493 e. The number of benzene rings is 2. The predicted octanol–water partition coefficient (Wildman–Crippen LogP) is 3.59. The van der Waals surface area contributed by atoms with E-state index in [0.717, 1.165) is 11.8 Å². The van der Waals surface area contributed by atoms with Crippen LogP contribution in [0.25, 0.3) is 0 Å². The van der Waals surface area contributed by atoms with Crippen LogP contribution in [0.15, 0.2) is 47.4 Å². The van der Waals surface area contributed by atoms with Gasteiger partial charge in [0.1, 0.15) is 0 Å². The van der Waals surface area contributed by atoms with Crippen LogP contribution >= 0.6 is 11.8 Å². The summed E-state index contributed by atoms with van der Waals surface area (Å²) >= 11 is 1.10. The molecule has 0 atom stereocenters. The first-order chi connectivity index (χ1) is 11.1. The topological polar surface area (TPSA) is 78.7 Å². The number of nitro groups is 1. The summed E-state index contributed by atoms with van der Waals surface area (Å²) < 4.78 is 10.2. The second-order valence-corrected chi connectivity index (χ2v) is 5.53. The number of methoxy groups -OCH3 is 2. The van der Waals surface area contributed by atoms with E-state index in [1.807, 2.05) is 6.07 Å². The molecule has 2 rings (SSSR count). The Morgan fingerprint density at radius 2 is 1.74 bits per heavy atom. The van der Waals surface area contributed by atoms with Crippen molar-refractivity contribution in [1.29, 1.82) is 0 Å². The molecule has 120 valence electrons. The van der Waals surface area contributed by atoms with Crippen LogP contribution in [0, 0.1) is 10.1 Å². The monoisotopic (exact) mass is 333 g/mol. The Balaban J connectivity index is 2.24. The summed E-state index contributed by atoms with van der Waals surface area (Å²) in [5.41, 5.74) is 0.455. The Kier molecular flexibility index (Phi) is 5.59. The van der Waals surface area contributed by atoms with Crippen LogP contribution in [-0.4, -0.2) is 30.7 Å². The number of carbonyl (C=O) groups excluding carboxylic acids is 1. The highest BCUT2D eigenvalue weighted by Crippen LogP contribution is 2.39. The average Bonchev–Trinajstić information content (AvgIpc) is 2.59. The third kappa shape index (κ3) is 4.01. The number of nitrogens with zero attached hydrogens (tertiary/aromatic N) is 1. The molecule has 2 aromatic rings. The molecule has 0 radical (unpaired) electrons. The lowest BCUT2D eigenvalue weighted by atomic mass is 10.2. The van der Waals surface area contributed by atoms with E-state index in [-0.39, 0.29) is 23.0 Å². The van der Waals surface area contributed by atoms with Gasteiger partial charge in [-0.25, -0.2) is 0 Å². The Bertz CT molecular complexity index is 718. The summed E-state index contributed by atoms with van der Waals surface area (Å²) in [7, 11) is 2.86. The van der Waals surface area contributed by atoms with E-state index in [1.54, 1.807) is 24.3 Å². The lowest BCUT2D eigenvalue weighted by molar-refractivity contribution is -0.387. The van der Waals surface area contributed by atoms with Crippen LogP contribution in [0.5, 0.6) is 11.5 Å². The Hall–Kier alpha value is -2.54. The molecular formula is C16H15NO5S. The Morgan fingerprint density at radius 1 is 1.13 bits per heavy atom. The second-order valence-electron chi connectivity index (χ2n) is 4.51. The molecule has 2 aromatic carbocycles. The van der Waals surface area contributed by atoms with Crippen molar-refractivity contribution in [2.45, 2.75) is 4.90 Å². The minimum absolute atomic E-state index is 0.0975. The quantitative estimate of drug-likeness (QED) is 0.333. The number of rotatable bonds is 7. The van der Waals surface area contributed by atoms with Crippen LogP contribution in [0.2, 0.25) is 0 Å². The highest BCUT2D eigenvalue weighted by atomic mass is 32.2. The van der Waals surface area contributed by atoms with Gasteiger partial charge in [-0.15, -0.1) is 11.8 Å². The van der Waals surface area contributed by atoms with E-state index in [2.05, 4.69) is 0 Å². The first kappa shape index (κ1) is 16.8. The van der Waals surface area contributed by atoms with Crippen LogP contribution in [0.4, 0.5) is 5.69 Å². The van der Waals surface area contributed by atoms with Gasteiger partial charge in [0.2, 0.25) is 0 Å². The fourth-order valence-electron chi connectivity index (χ4n) is 1.96. The summed E-state index contributed by atoms with van der Waals surface area (Å²) in [6.45, 7) is 0. The number of nitro benzene ring substituents is 1. The molecule has 0 fully saturated rings. The van der Waals surface area contributed by atoms with Gasteiger partial charge in [-0.2, -0.15) is 0 Å². The van der Waals surface area contributed by atoms with Crippen LogP contribution < -0.4 is 9.47 Å². The van der Waals surface area contributed by atoms with Crippen LogP contribution in [-0.2, 0) is 0 Å². The lowest BCUT2D eigenvalue weighted by Gasteiger charge is -2.10. The standard InChI is InChI=1S/C16H15NO5S/c1-21-14-8-12(17(19)20)16(9-15(14)22-2)23-10-13(18)11-6-4-3-5-7-11/h3-9H,10H2,1-2H3. The van der Waals surface area contributed by atoms with Crippen molar-refractivity contribution < 1.29 is 19.2 Å². The minimum Gasteiger partial charge on any atom is -0.493 e. The van der Waals surface area contributed by atoms with Gasteiger partial charge in [-0.3, -0.25) is 14.9 Å². The minimum atomic E-state index is -0.503. The van der Waals surface area contributed by atoms with E-state index in [0.29, 0.717) is 16.2 Å². The molecular weight excluding hydrogens is 318 g/mol. The Morgan fingerprint density at radius 3 is 2.30 bits per heavy atom. The summed E-state index contributed by atoms with van der Waals surface area (Å²) in [5, 5.41) is 11.2. The van der Waals surface area contributed by atoms with Crippen molar-refractivity contribution >= 4 is 23.2 Å². The fraction of sp³-hybridized carbons (Fsp3) is 0.188. The number of Topliss-reactive ketones (excluding diaryl/α,β-unsaturated/α-hetero) is 1. The van der Waals surface area contributed by atoms with Gasteiger partial charge in [0.05, 0.1) is 35.9 Å². The van der Waals surface area contributed by atoms with Crippen LogP contribution in [0.3, 0.4) is 0 Å². The highest BCUT2D eigenvalue weighted by Gasteiger charge is 2.20. The summed E-state index contributed by atoms with van der Waals surface area (Å²) in [4.78, 5) is 23.2. The molecule has 6 nitrogen and oxygen atoms in total. The van der Waals surface area contributed by atoms with E-state index < -0.39 is 4.92 Å². The first-order valence-corrected chi connectivity index (χ1v) is 7.66. The number of thioether (sulfide) groups is 1. The van der Waals surface area contributed by atoms with E-state index in [1.165, 1.54) is 26.4 Å². The zero-order valence-electron chi connectivity index (χ0n) is 12.6. The molecule has 7 heteroatoms. The lowest BCUT2D eigenvalue weighted by Crippen LogP contribution is -2.03. The van der Waals surface area contributed by atoms with E-state index in [4.69, 9.17) is 9.47 Å². The summed E-state index contributed by atoms with van der Waals surface area (Å²) in [6, 6.07) is 11.6. The molecule has 0 aliphatic heterocycles. The average molecular weight is 333 g/mol.